The van der Waals surface area contributed by atoms with Gasteiger partial charge in [0.25, 0.3) is 0 Å². The van der Waals surface area contributed by atoms with Crippen LogP contribution in [-0.4, -0.2) is 26.0 Å². The summed E-state index contributed by atoms with van der Waals surface area (Å²) >= 11 is 0. The topological polar surface area (TPSA) is 17.1 Å². The molecule has 0 aromatic rings. The molecule has 0 spiro atoms. The second-order valence-corrected chi connectivity index (χ2v) is 7.83. The lowest BCUT2D eigenvalue weighted by Gasteiger charge is -1.94. The largest absolute Gasteiger partial charge is 0.673 e. The van der Waals surface area contributed by atoms with Crippen LogP contribution in [0.15, 0.2) is 0 Å². The molecule has 0 amide bonds. The summed E-state index contributed by atoms with van der Waals surface area (Å²) in [5.74, 6) is 0. The first kappa shape index (κ1) is 13.8. The van der Waals surface area contributed by atoms with Crippen molar-refractivity contribution in [3.63, 3.8) is 0 Å². The lowest BCUT2D eigenvalue weighted by Crippen LogP contribution is -2.02. The molecule has 1 nitrogen and oxygen atoms in total. The average molecular weight is 212 g/mol. The van der Waals surface area contributed by atoms with Crippen LogP contribution in [0.1, 0.15) is 0 Å². The van der Waals surface area contributed by atoms with E-state index < -0.39 is 16.2 Å². The Morgan fingerprint density at radius 1 is 1.18 bits per heavy atom. The predicted octanol–water partition coefficient (Wildman–Crippen LogP) is 2.32. The molecule has 0 fully saturated rings. The van der Waals surface area contributed by atoms with E-state index in [-0.39, 0.29) is 0 Å². The van der Waals surface area contributed by atoms with E-state index in [1.165, 1.54) is 10.8 Å². The molecule has 11 heavy (non-hydrogen) atoms. The van der Waals surface area contributed by atoms with Gasteiger partial charge in [-0.25, -0.2) is 0 Å². The fraction of sp³-hybridized carbons (Fsp3) is 1.00. The van der Waals surface area contributed by atoms with Crippen molar-refractivity contribution in [2.45, 2.75) is 0 Å². The van der Waals surface area contributed by atoms with Crippen LogP contribution >= 0.6 is 10.8 Å². The zero-order valence-corrected chi connectivity index (χ0v) is 7.95. The maximum absolute atomic E-state index is 10.5. The van der Waals surface area contributed by atoms with Crippen molar-refractivity contribution in [3.05, 3.63) is 0 Å². The molecule has 0 aliphatic carbocycles. The molecule has 8 heteroatoms. The highest BCUT2D eigenvalue weighted by molar-refractivity contribution is 8.76. The summed E-state index contributed by atoms with van der Waals surface area (Å²) in [6.45, 7) is 0. The van der Waals surface area contributed by atoms with Gasteiger partial charge in [-0.05, 0) is 0 Å². The smallest absolute Gasteiger partial charge is 0.418 e. The first-order valence-electron chi connectivity index (χ1n) is 2.43. The summed E-state index contributed by atoms with van der Waals surface area (Å²) in [6.07, 6.45) is 5.32. The van der Waals surface area contributed by atoms with Gasteiger partial charge in [0.2, 0.25) is 0 Å². The second-order valence-electron chi connectivity index (χ2n) is 1.80. The molecule has 0 aliphatic heterocycles. The second kappa shape index (κ2) is 5.02. The monoisotopic (exact) mass is 212 g/mol. The summed E-state index contributed by atoms with van der Waals surface area (Å²) in [7, 11) is -6.09. The molecule has 0 heterocycles. The number of halogens is 4. The summed E-state index contributed by atoms with van der Waals surface area (Å²) < 4.78 is 49.5. The number of hydrogen-bond donors (Lipinski definition) is 0. The van der Waals surface area contributed by atoms with Gasteiger partial charge in [0.05, 0.1) is 10.8 Å². The minimum atomic E-state index is -6.00. The van der Waals surface area contributed by atoms with E-state index in [9.17, 15) is 21.5 Å². The van der Waals surface area contributed by atoms with Crippen LogP contribution < -0.4 is 0 Å². The van der Waals surface area contributed by atoms with Gasteiger partial charge in [0.15, 0.2) is 0 Å². The SMILES string of the molecule is CS[S+](C)(C)=O.F[B-](F)(F)F. The Bertz CT molecular complexity index is 135. The molecule has 0 radical (unpaired) electrons. The maximum atomic E-state index is 10.5. The Kier molecular flexibility index (Phi) is 6.32. The fourth-order valence-electron chi connectivity index (χ4n) is 0. The van der Waals surface area contributed by atoms with Gasteiger partial charge in [-0.2, -0.15) is 0 Å². The number of hydrogen-bond acceptors (Lipinski definition) is 2. The fourth-order valence-corrected chi connectivity index (χ4v) is 0. The van der Waals surface area contributed by atoms with Crippen LogP contribution in [0.5, 0.6) is 0 Å². The Labute approximate surface area is 67.9 Å². The van der Waals surface area contributed by atoms with Crippen molar-refractivity contribution in [1.82, 2.24) is 0 Å². The molecule has 0 saturated heterocycles. The molecule has 70 valence electrons. The number of rotatable bonds is 1. The van der Waals surface area contributed by atoms with Crippen molar-refractivity contribution < 1.29 is 21.5 Å². The van der Waals surface area contributed by atoms with Gasteiger partial charge in [-0.1, -0.05) is 4.21 Å². The molecule has 0 rings (SSSR count). The summed E-state index contributed by atoms with van der Waals surface area (Å²) in [5.41, 5.74) is 0. The molecule has 0 unspecified atom stereocenters. The van der Waals surface area contributed by atoms with Gasteiger partial charge in [-0.15, -0.1) is 0 Å². The normalized spacial score (nSPS) is 11.9. The van der Waals surface area contributed by atoms with Crippen molar-refractivity contribution in [1.29, 1.82) is 0 Å². The average Bonchev–Trinajstić information content (AvgIpc) is 1.59. The molecule has 0 bridgehead atoms. The molecular weight excluding hydrogens is 203 g/mol. The van der Waals surface area contributed by atoms with E-state index in [1.807, 2.05) is 6.26 Å². The molecule has 0 atom stereocenters. The lowest BCUT2D eigenvalue weighted by atomic mass is 10.3. The quantitative estimate of drug-likeness (QED) is 0.287. The van der Waals surface area contributed by atoms with E-state index in [2.05, 4.69) is 0 Å². The van der Waals surface area contributed by atoms with Gasteiger partial charge < -0.3 is 17.3 Å². The van der Waals surface area contributed by atoms with E-state index in [4.69, 9.17) is 0 Å². The highest BCUT2D eigenvalue weighted by atomic mass is 33.2. The molecule has 0 N–H and O–H groups in total. The highest BCUT2D eigenvalue weighted by Crippen LogP contribution is 2.09. The van der Waals surface area contributed by atoms with Gasteiger partial charge >= 0.3 is 7.25 Å². The van der Waals surface area contributed by atoms with Crippen LogP contribution in [0.3, 0.4) is 0 Å². The Hall–Kier alpha value is 0.285. The third-order valence-electron chi connectivity index (χ3n) is 0.401. The molecule has 0 aromatic carbocycles. The van der Waals surface area contributed by atoms with Gasteiger partial charge in [0.1, 0.15) is 21.5 Å². The predicted molar refractivity (Wildman–Crippen MR) is 43.6 cm³/mol. The molecular formula is C3H9BF4OS2. The zero-order valence-electron chi connectivity index (χ0n) is 6.31. The van der Waals surface area contributed by atoms with Crippen molar-refractivity contribution >= 4 is 27.0 Å². The lowest BCUT2D eigenvalue weighted by molar-refractivity contribution is 0.368. The summed E-state index contributed by atoms with van der Waals surface area (Å²) in [5, 5.41) is 0. The zero-order chi connectivity index (χ0) is 9.71. The first-order chi connectivity index (χ1) is 4.56. The van der Waals surface area contributed by atoms with Crippen LogP contribution in [-0.2, 0) is 13.2 Å². The van der Waals surface area contributed by atoms with Crippen LogP contribution in [0, 0.1) is 0 Å². The summed E-state index contributed by atoms with van der Waals surface area (Å²) in [6, 6.07) is 0. The first-order valence-corrected chi connectivity index (χ1v) is 6.55. The van der Waals surface area contributed by atoms with Gasteiger partial charge in [-0.3, -0.25) is 0 Å². The standard InChI is InChI=1S/C3H9OS2.BF4/c1-5-6(2,3)4;2-1(3,4)5/h1-3H3;/q+1;-1. The Morgan fingerprint density at radius 3 is 1.27 bits per heavy atom. The maximum Gasteiger partial charge on any atom is 0.673 e. The van der Waals surface area contributed by atoms with E-state index in [0.717, 1.165) is 0 Å². The van der Waals surface area contributed by atoms with Crippen LogP contribution in [0.25, 0.3) is 0 Å². The third kappa shape index (κ3) is 65.4. The molecule has 0 aliphatic rings. The Morgan fingerprint density at radius 2 is 1.27 bits per heavy atom. The van der Waals surface area contributed by atoms with Crippen molar-refractivity contribution in [3.8, 4) is 0 Å². The summed E-state index contributed by atoms with van der Waals surface area (Å²) in [4.78, 5) is 0. The van der Waals surface area contributed by atoms with Gasteiger partial charge in [0, 0.05) is 6.26 Å². The van der Waals surface area contributed by atoms with Crippen LogP contribution in [0.4, 0.5) is 17.3 Å². The van der Waals surface area contributed by atoms with Crippen molar-refractivity contribution in [2.75, 3.05) is 18.8 Å². The van der Waals surface area contributed by atoms with E-state index >= 15 is 0 Å². The van der Waals surface area contributed by atoms with E-state index in [0.29, 0.717) is 0 Å². The minimum absolute atomic E-state index is 1.41. The van der Waals surface area contributed by atoms with Crippen molar-refractivity contribution in [2.24, 2.45) is 0 Å². The molecule has 0 saturated carbocycles. The highest BCUT2D eigenvalue weighted by Gasteiger charge is 2.20. The van der Waals surface area contributed by atoms with Crippen LogP contribution in [0.2, 0.25) is 0 Å². The molecule has 0 aromatic heterocycles. The van der Waals surface area contributed by atoms with E-state index in [1.54, 1.807) is 12.5 Å². The minimum Gasteiger partial charge on any atom is -0.418 e. The Balaban J connectivity index is 0. The third-order valence-corrected chi connectivity index (χ3v) is 3.61.